The van der Waals surface area contributed by atoms with Crippen LogP contribution in [0.15, 0.2) is 41.4 Å². The highest BCUT2D eigenvalue weighted by molar-refractivity contribution is 8.00. The van der Waals surface area contributed by atoms with Gasteiger partial charge in [-0.25, -0.2) is 9.97 Å². The molecule has 0 aliphatic rings. The second kappa shape index (κ2) is 7.92. The quantitative estimate of drug-likeness (QED) is 0.464. The summed E-state index contributed by atoms with van der Waals surface area (Å²) in [4.78, 5) is 22.1. The molecule has 28 heavy (non-hydrogen) atoms. The summed E-state index contributed by atoms with van der Waals surface area (Å²) in [6.45, 7) is 12.4. The zero-order chi connectivity index (χ0) is 20.5. The number of amides is 1. The molecule has 1 aromatic heterocycles. The summed E-state index contributed by atoms with van der Waals surface area (Å²) >= 11 is 1.46. The maximum absolute atomic E-state index is 12.6. The standard InChI is InChI=1S/C23H27N3OS/c1-14-11-15(2)20(16(3)12-14)25-19(27)13-28-21-17-9-7-8-10-18(17)24-22(26-21)23(4,5)6/h7-12H,13H2,1-6H3,(H,25,27). The van der Waals surface area contributed by atoms with Gasteiger partial charge >= 0.3 is 0 Å². The lowest BCUT2D eigenvalue weighted by Crippen LogP contribution is -2.18. The van der Waals surface area contributed by atoms with Gasteiger partial charge in [-0.3, -0.25) is 4.79 Å². The molecule has 0 spiro atoms. The molecule has 0 saturated heterocycles. The van der Waals surface area contributed by atoms with Crippen LogP contribution in [0.25, 0.3) is 10.9 Å². The van der Waals surface area contributed by atoms with Gasteiger partial charge < -0.3 is 5.32 Å². The first-order valence-electron chi connectivity index (χ1n) is 9.43. The average Bonchev–Trinajstić information content (AvgIpc) is 2.61. The van der Waals surface area contributed by atoms with Crippen molar-refractivity contribution in [1.29, 1.82) is 0 Å². The number of para-hydroxylation sites is 1. The Labute approximate surface area is 171 Å². The van der Waals surface area contributed by atoms with Crippen LogP contribution in [0.3, 0.4) is 0 Å². The van der Waals surface area contributed by atoms with E-state index >= 15 is 0 Å². The lowest BCUT2D eigenvalue weighted by molar-refractivity contribution is -0.113. The molecule has 0 atom stereocenters. The van der Waals surface area contributed by atoms with Gasteiger partial charge in [-0.05, 0) is 38.0 Å². The van der Waals surface area contributed by atoms with Crippen molar-refractivity contribution >= 4 is 34.3 Å². The van der Waals surface area contributed by atoms with E-state index in [2.05, 4.69) is 45.1 Å². The number of anilines is 1. The van der Waals surface area contributed by atoms with Crippen molar-refractivity contribution in [3.8, 4) is 0 Å². The van der Waals surface area contributed by atoms with Gasteiger partial charge in [-0.15, -0.1) is 0 Å². The van der Waals surface area contributed by atoms with Crippen LogP contribution in [0.5, 0.6) is 0 Å². The first kappa shape index (κ1) is 20.3. The molecule has 0 aliphatic heterocycles. The summed E-state index contributed by atoms with van der Waals surface area (Å²) < 4.78 is 0. The van der Waals surface area contributed by atoms with Gasteiger partial charge in [0.25, 0.3) is 0 Å². The number of fused-ring (bicyclic) bond motifs is 1. The predicted molar refractivity (Wildman–Crippen MR) is 118 cm³/mol. The van der Waals surface area contributed by atoms with E-state index < -0.39 is 0 Å². The normalized spacial score (nSPS) is 11.6. The Morgan fingerprint density at radius 3 is 2.32 bits per heavy atom. The van der Waals surface area contributed by atoms with E-state index in [1.54, 1.807) is 0 Å². The van der Waals surface area contributed by atoms with Crippen molar-refractivity contribution < 1.29 is 4.79 Å². The number of thioether (sulfide) groups is 1. The fourth-order valence-electron chi connectivity index (χ4n) is 3.18. The summed E-state index contributed by atoms with van der Waals surface area (Å²) in [5, 5.41) is 4.90. The van der Waals surface area contributed by atoms with Crippen LogP contribution in [0.4, 0.5) is 5.69 Å². The molecule has 5 heteroatoms. The van der Waals surface area contributed by atoms with E-state index in [1.807, 2.05) is 38.1 Å². The van der Waals surface area contributed by atoms with Crippen molar-refractivity contribution in [2.24, 2.45) is 0 Å². The number of nitrogens with one attached hydrogen (secondary N) is 1. The Bertz CT molecular complexity index is 1010. The predicted octanol–water partition coefficient (Wildman–Crippen LogP) is 5.58. The van der Waals surface area contributed by atoms with Crippen LogP contribution in [-0.2, 0) is 10.2 Å². The van der Waals surface area contributed by atoms with Gasteiger partial charge in [0.2, 0.25) is 5.91 Å². The Hall–Kier alpha value is -2.40. The summed E-state index contributed by atoms with van der Waals surface area (Å²) in [5.41, 5.74) is 5.02. The Kier molecular flexibility index (Phi) is 5.75. The van der Waals surface area contributed by atoms with Gasteiger partial charge in [-0.1, -0.05) is 68.4 Å². The minimum Gasteiger partial charge on any atom is -0.325 e. The maximum Gasteiger partial charge on any atom is 0.234 e. The average molecular weight is 394 g/mol. The van der Waals surface area contributed by atoms with Crippen molar-refractivity contribution in [2.45, 2.75) is 52.0 Å². The number of carbonyl (C=O) groups excluding carboxylic acids is 1. The number of hydrogen-bond donors (Lipinski definition) is 1. The third-order valence-electron chi connectivity index (χ3n) is 4.52. The second-order valence-electron chi connectivity index (χ2n) is 8.23. The van der Waals surface area contributed by atoms with E-state index in [0.717, 1.165) is 38.6 Å². The molecular formula is C23H27N3OS. The van der Waals surface area contributed by atoms with E-state index in [9.17, 15) is 4.79 Å². The molecule has 4 nitrogen and oxygen atoms in total. The topological polar surface area (TPSA) is 54.9 Å². The van der Waals surface area contributed by atoms with Crippen LogP contribution in [-0.4, -0.2) is 21.6 Å². The number of benzene rings is 2. The van der Waals surface area contributed by atoms with Crippen LogP contribution in [0, 0.1) is 20.8 Å². The molecule has 0 saturated carbocycles. The van der Waals surface area contributed by atoms with E-state index in [0.29, 0.717) is 5.75 Å². The summed E-state index contributed by atoms with van der Waals surface area (Å²) in [6, 6.07) is 12.1. The lowest BCUT2D eigenvalue weighted by atomic mass is 9.95. The highest BCUT2D eigenvalue weighted by Crippen LogP contribution is 2.29. The van der Waals surface area contributed by atoms with Gasteiger partial charge in [0.15, 0.2) is 0 Å². The van der Waals surface area contributed by atoms with E-state index in [-0.39, 0.29) is 11.3 Å². The van der Waals surface area contributed by atoms with Crippen molar-refractivity contribution in [2.75, 3.05) is 11.1 Å². The Morgan fingerprint density at radius 2 is 1.68 bits per heavy atom. The zero-order valence-electron chi connectivity index (χ0n) is 17.4. The van der Waals surface area contributed by atoms with Crippen molar-refractivity contribution in [3.63, 3.8) is 0 Å². The molecule has 0 radical (unpaired) electrons. The monoisotopic (exact) mass is 393 g/mol. The summed E-state index contributed by atoms with van der Waals surface area (Å²) in [5.74, 6) is 1.07. The minimum atomic E-state index is -0.155. The number of rotatable bonds is 4. The minimum absolute atomic E-state index is 0.0277. The Morgan fingerprint density at radius 1 is 1.04 bits per heavy atom. The number of carbonyl (C=O) groups is 1. The number of aryl methyl sites for hydroxylation is 3. The van der Waals surface area contributed by atoms with Gasteiger partial charge in [0, 0.05) is 16.5 Å². The third kappa shape index (κ3) is 4.53. The van der Waals surface area contributed by atoms with E-state index in [1.165, 1.54) is 17.3 Å². The van der Waals surface area contributed by atoms with Crippen molar-refractivity contribution in [1.82, 2.24) is 9.97 Å². The maximum atomic E-state index is 12.6. The van der Waals surface area contributed by atoms with Crippen LogP contribution in [0.1, 0.15) is 43.3 Å². The largest absolute Gasteiger partial charge is 0.325 e. The molecule has 3 rings (SSSR count). The molecule has 0 fully saturated rings. The molecule has 0 unspecified atom stereocenters. The molecule has 1 heterocycles. The van der Waals surface area contributed by atoms with Crippen LogP contribution >= 0.6 is 11.8 Å². The highest BCUT2D eigenvalue weighted by Gasteiger charge is 2.20. The molecular weight excluding hydrogens is 366 g/mol. The molecule has 146 valence electrons. The fourth-order valence-corrected chi connectivity index (χ4v) is 4.00. The summed E-state index contributed by atoms with van der Waals surface area (Å²) in [7, 11) is 0. The molecule has 3 aromatic rings. The van der Waals surface area contributed by atoms with Crippen molar-refractivity contribution in [3.05, 3.63) is 58.9 Å². The Balaban J connectivity index is 1.83. The van der Waals surface area contributed by atoms with Gasteiger partial charge in [0.1, 0.15) is 10.9 Å². The van der Waals surface area contributed by atoms with Crippen LogP contribution in [0.2, 0.25) is 0 Å². The fraction of sp³-hybridized carbons (Fsp3) is 0.348. The lowest BCUT2D eigenvalue weighted by Gasteiger charge is -2.18. The second-order valence-corrected chi connectivity index (χ2v) is 9.19. The molecule has 2 aromatic carbocycles. The highest BCUT2D eigenvalue weighted by atomic mass is 32.2. The van der Waals surface area contributed by atoms with Crippen LogP contribution < -0.4 is 5.32 Å². The first-order valence-corrected chi connectivity index (χ1v) is 10.4. The zero-order valence-corrected chi connectivity index (χ0v) is 18.2. The molecule has 0 bridgehead atoms. The number of nitrogens with zero attached hydrogens (tertiary/aromatic N) is 2. The third-order valence-corrected chi connectivity index (χ3v) is 5.51. The number of hydrogen-bond acceptors (Lipinski definition) is 4. The van der Waals surface area contributed by atoms with Gasteiger partial charge in [-0.2, -0.15) is 0 Å². The van der Waals surface area contributed by atoms with Gasteiger partial charge in [0.05, 0.1) is 11.3 Å². The molecule has 1 amide bonds. The van der Waals surface area contributed by atoms with E-state index in [4.69, 9.17) is 9.97 Å². The SMILES string of the molecule is Cc1cc(C)c(NC(=O)CSc2nc(C(C)(C)C)nc3ccccc23)c(C)c1. The summed E-state index contributed by atoms with van der Waals surface area (Å²) in [6.07, 6.45) is 0. The number of aromatic nitrogens is 2. The smallest absolute Gasteiger partial charge is 0.234 e. The first-order chi connectivity index (χ1) is 13.1. The molecule has 1 N–H and O–H groups in total. The molecule has 0 aliphatic carbocycles.